The van der Waals surface area contributed by atoms with Crippen LogP contribution in [0, 0.1) is 5.41 Å². The van der Waals surface area contributed by atoms with Crippen LogP contribution < -0.4 is 14.8 Å². The zero-order valence-corrected chi connectivity index (χ0v) is 17.3. The summed E-state index contributed by atoms with van der Waals surface area (Å²) in [5, 5.41) is 4.46. The lowest BCUT2D eigenvalue weighted by atomic mass is 9.91. The van der Waals surface area contributed by atoms with Crippen LogP contribution in [-0.4, -0.2) is 38.5 Å². The van der Waals surface area contributed by atoms with Gasteiger partial charge in [0.15, 0.2) is 23.9 Å². The van der Waals surface area contributed by atoms with Gasteiger partial charge in [0.2, 0.25) is 0 Å². The van der Waals surface area contributed by atoms with E-state index < -0.39 is 11.4 Å². The summed E-state index contributed by atoms with van der Waals surface area (Å²) in [6.07, 6.45) is 0. The molecular formula is C20H23NO6S. The Labute approximate surface area is 167 Å². The molecule has 28 heavy (non-hydrogen) atoms. The summed E-state index contributed by atoms with van der Waals surface area (Å²) in [4.78, 5) is 37.6. The molecule has 8 heteroatoms. The largest absolute Gasteiger partial charge is 0.493 e. The van der Waals surface area contributed by atoms with Gasteiger partial charge in [-0.05, 0) is 11.4 Å². The average Bonchev–Trinajstić information content (AvgIpc) is 3.19. The molecule has 0 bridgehead atoms. The standard InChI is InChI=1S/C20H23NO6S/c1-20(2,3)17(22)11-27-19(24)12-9-14(25-4)15(26-5)10-13(12)21-18(23)16-7-6-8-28-16/h6-10H,11H2,1-5H3,(H,21,23). The van der Waals surface area contributed by atoms with E-state index in [1.807, 2.05) is 0 Å². The Balaban J connectivity index is 2.33. The van der Waals surface area contributed by atoms with E-state index in [1.54, 1.807) is 38.3 Å². The molecule has 0 fully saturated rings. The predicted octanol–water partition coefficient (Wildman–Crippen LogP) is 3.79. The van der Waals surface area contributed by atoms with Crippen LogP contribution in [0.1, 0.15) is 40.8 Å². The highest BCUT2D eigenvalue weighted by Gasteiger charge is 2.25. The minimum absolute atomic E-state index is 0.0595. The van der Waals surface area contributed by atoms with E-state index >= 15 is 0 Å². The van der Waals surface area contributed by atoms with E-state index in [0.717, 1.165) is 0 Å². The lowest BCUT2D eigenvalue weighted by Crippen LogP contribution is -2.26. The number of methoxy groups -OCH3 is 2. The molecule has 1 amide bonds. The molecule has 0 spiro atoms. The number of Topliss-reactive ketones (excluding diaryl/α,β-unsaturated/α-hetero) is 1. The van der Waals surface area contributed by atoms with Gasteiger partial charge in [0.05, 0.1) is 30.3 Å². The van der Waals surface area contributed by atoms with Crippen molar-refractivity contribution in [3.8, 4) is 11.5 Å². The average molecular weight is 405 g/mol. The number of nitrogens with one attached hydrogen (secondary N) is 1. The Morgan fingerprint density at radius 1 is 1.07 bits per heavy atom. The molecule has 1 aromatic heterocycles. The topological polar surface area (TPSA) is 90.9 Å². The lowest BCUT2D eigenvalue weighted by Gasteiger charge is -2.18. The number of hydrogen-bond donors (Lipinski definition) is 1. The highest BCUT2D eigenvalue weighted by molar-refractivity contribution is 7.12. The highest BCUT2D eigenvalue weighted by Crippen LogP contribution is 2.34. The van der Waals surface area contributed by atoms with Crippen molar-refractivity contribution in [1.29, 1.82) is 0 Å². The van der Waals surface area contributed by atoms with Crippen molar-refractivity contribution >= 4 is 34.7 Å². The van der Waals surface area contributed by atoms with Gasteiger partial charge in [-0.1, -0.05) is 26.8 Å². The van der Waals surface area contributed by atoms with E-state index in [1.165, 1.54) is 37.7 Å². The van der Waals surface area contributed by atoms with Crippen molar-refractivity contribution in [2.24, 2.45) is 5.41 Å². The monoisotopic (exact) mass is 405 g/mol. The van der Waals surface area contributed by atoms with Crippen molar-refractivity contribution in [3.63, 3.8) is 0 Å². The summed E-state index contributed by atoms with van der Waals surface area (Å²) in [6, 6.07) is 6.31. The maximum atomic E-state index is 12.6. The number of hydrogen-bond acceptors (Lipinski definition) is 7. The normalized spacial score (nSPS) is 10.9. The molecule has 1 N–H and O–H groups in total. The van der Waals surface area contributed by atoms with Gasteiger partial charge >= 0.3 is 5.97 Å². The maximum absolute atomic E-state index is 12.6. The molecule has 1 aromatic carbocycles. The minimum Gasteiger partial charge on any atom is -0.493 e. The van der Waals surface area contributed by atoms with Crippen molar-refractivity contribution in [2.45, 2.75) is 20.8 Å². The molecule has 0 aliphatic heterocycles. The van der Waals surface area contributed by atoms with E-state index in [0.29, 0.717) is 16.4 Å². The molecule has 150 valence electrons. The first kappa shape index (κ1) is 21.4. The van der Waals surface area contributed by atoms with Gasteiger partial charge in [0.25, 0.3) is 5.91 Å². The van der Waals surface area contributed by atoms with E-state index in [-0.39, 0.29) is 29.5 Å². The van der Waals surface area contributed by atoms with Crippen molar-refractivity contribution in [1.82, 2.24) is 0 Å². The molecule has 7 nitrogen and oxygen atoms in total. The fourth-order valence-electron chi connectivity index (χ4n) is 2.17. The van der Waals surface area contributed by atoms with Crippen molar-refractivity contribution < 1.29 is 28.6 Å². The minimum atomic E-state index is -0.750. The summed E-state index contributed by atoms with van der Waals surface area (Å²) in [6.45, 7) is 4.86. The first-order valence-electron chi connectivity index (χ1n) is 8.48. The molecule has 0 saturated carbocycles. The number of ether oxygens (including phenoxy) is 3. The molecule has 0 radical (unpaired) electrons. The Morgan fingerprint density at radius 2 is 1.71 bits per heavy atom. The molecular weight excluding hydrogens is 382 g/mol. The quantitative estimate of drug-likeness (QED) is 0.705. The lowest BCUT2D eigenvalue weighted by molar-refractivity contribution is -0.129. The van der Waals surface area contributed by atoms with Crippen molar-refractivity contribution in [2.75, 3.05) is 26.1 Å². The van der Waals surface area contributed by atoms with Crippen LogP contribution in [0.15, 0.2) is 29.6 Å². The number of carbonyl (C=O) groups is 3. The van der Waals surface area contributed by atoms with E-state index in [9.17, 15) is 14.4 Å². The summed E-state index contributed by atoms with van der Waals surface area (Å²) in [7, 11) is 2.88. The zero-order valence-electron chi connectivity index (χ0n) is 16.5. The second-order valence-electron chi connectivity index (χ2n) is 6.93. The number of carbonyl (C=O) groups excluding carboxylic acids is 3. The molecule has 0 saturated heterocycles. The summed E-state index contributed by atoms with van der Waals surface area (Å²) >= 11 is 1.27. The zero-order chi connectivity index (χ0) is 20.9. The van der Waals surface area contributed by atoms with Crippen LogP contribution in [-0.2, 0) is 9.53 Å². The molecule has 0 unspecified atom stereocenters. The Kier molecular flexibility index (Phi) is 6.80. The van der Waals surface area contributed by atoms with Gasteiger partial charge in [-0.2, -0.15) is 0 Å². The number of ketones is 1. The van der Waals surface area contributed by atoms with Crippen LogP contribution in [0.4, 0.5) is 5.69 Å². The van der Waals surface area contributed by atoms with Crippen LogP contribution in [0.25, 0.3) is 0 Å². The fourth-order valence-corrected chi connectivity index (χ4v) is 2.79. The predicted molar refractivity (Wildman–Crippen MR) is 107 cm³/mol. The third-order valence-corrected chi connectivity index (χ3v) is 4.78. The Hall–Kier alpha value is -2.87. The van der Waals surface area contributed by atoms with Crippen LogP contribution >= 0.6 is 11.3 Å². The second-order valence-corrected chi connectivity index (χ2v) is 7.88. The van der Waals surface area contributed by atoms with Crippen molar-refractivity contribution in [3.05, 3.63) is 40.1 Å². The van der Waals surface area contributed by atoms with E-state index in [4.69, 9.17) is 14.2 Å². The van der Waals surface area contributed by atoms with Gasteiger partial charge in [0.1, 0.15) is 0 Å². The van der Waals surface area contributed by atoms with Crippen LogP contribution in [0.5, 0.6) is 11.5 Å². The summed E-state index contributed by atoms with van der Waals surface area (Å²) in [5.41, 5.74) is -0.373. The molecule has 1 heterocycles. The SMILES string of the molecule is COc1cc(NC(=O)c2cccs2)c(C(=O)OCC(=O)C(C)(C)C)cc1OC. The number of amides is 1. The van der Waals surface area contributed by atoms with Crippen LogP contribution in [0.2, 0.25) is 0 Å². The van der Waals surface area contributed by atoms with Gasteiger partial charge in [-0.15, -0.1) is 11.3 Å². The van der Waals surface area contributed by atoms with Gasteiger partial charge < -0.3 is 19.5 Å². The highest BCUT2D eigenvalue weighted by atomic mass is 32.1. The third kappa shape index (κ3) is 5.10. The molecule has 0 aliphatic rings. The first-order valence-corrected chi connectivity index (χ1v) is 9.36. The number of anilines is 1. The Bertz CT molecular complexity index is 868. The second kappa shape index (κ2) is 8.88. The first-order chi connectivity index (χ1) is 13.2. The summed E-state index contributed by atoms with van der Waals surface area (Å²) in [5.74, 6) is -0.704. The molecule has 0 atom stereocenters. The molecule has 0 aliphatic carbocycles. The number of benzene rings is 1. The van der Waals surface area contributed by atoms with Crippen LogP contribution in [0.3, 0.4) is 0 Å². The maximum Gasteiger partial charge on any atom is 0.340 e. The van der Waals surface area contributed by atoms with Gasteiger partial charge in [-0.3, -0.25) is 9.59 Å². The number of thiophene rings is 1. The third-order valence-electron chi connectivity index (χ3n) is 3.91. The van der Waals surface area contributed by atoms with E-state index in [2.05, 4.69) is 5.32 Å². The Morgan fingerprint density at radius 3 is 2.25 bits per heavy atom. The summed E-state index contributed by atoms with van der Waals surface area (Å²) < 4.78 is 15.6. The smallest absolute Gasteiger partial charge is 0.340 e. The number of esters is 1. The molecule has 2 aromatic rings. The number of rotatable bonds is 7. The molecule has 2 rings (SSSR count). The van der Waals surface area contributed by atoms with Gasteiger partial charge in [0, 0.05) is 17.5 Å². The van der Waals surface area contributed by atoms with Gasteiger partial charge in [-0.25, -0.2) is 4.79 Å². The fraction of sp³-hybridized carbons (Fsp3) is 0.350.